The molecule has 0 bridgehead atoms. The van der Waals surface area contributed by atoms with Gasteiger partial charge < -0.3 is 14.2 Å². The molecule has 2 aromatic rings. The Morgan fingerprint density at radius 2 is 1.89 bits per heavy atom. The highest BCUT2D eigenvalue weighted by atomic mass is 79.9. The molecule has 1 amide bonds. The predicted octanol–water partition coefficient (Wildman–Crippen LogP) is 4.78. The van der Waals surface area contributed by atoms with Crippen molar-refractivity contribution < 1.29 is 27.5 Å². The van der Waals surface area contributed by atoms with E-state index in [1.807, 2.05) is 0 Å². The Morgan fingerprint density at radius 3 is 2.44 bits per heavy atom. The van der Waals surface area contributed by atoms with Crippen LogP contribution in [0.15, 0.2) is 22.8 Å². The first-order chi connectivity index (χ1) is 12.5. The molecule has 9 heteroatoms. The van der Waals surface area contributed by atoms with Crippen LogP contribution in [0.2, 0.25) is 0 Å². The second-order valence-electron chi connectivity index (χ2n) is 7.44. The lowest BCUT2D eigenvalue weighted by Gasteiger charge is -2.40. The number of aromatic nitrogens is 1. The fourth-order valence-electron chi connectivity index (χ4n) is 2.97. The van der Waals surface area contributed by atoms with E-state index in [0.29, 0.717) is 18.6 Å². The zero-order valence-electron chi connectivity index (χ0n) is 14.9. The third-order valence-corrected chi connectivity index (χ3v) is 4.85. The molecule has 3 rings (SSSR count). The second kappa shape index (κ2) is 6.85. The van der Waals surface area contributed by atoms with Crippen molar-refractivity contribution in [3.63, 3.8) is 0 Å². The van der Waals surface area contributed by atoms with Gasteiger partial charge in [-0.2, -0.15) is 0 Å². The highest BCUT2D eigenvalue weighted by Gasteiger charge is 2.36. The number of nitrogens with zero attached hydrogens (tertiary/aromatic N) is 2. The van der Waals surface area contributed by atoms with Gasteiger partial charge in [0.05, 0.1) is 16.0 Å². The van der Waals surface area contributed by atoms with E-state index in [1.165, 1.54) is 17.2 Å². The van der Waals surface area contributed by atoms with Crippen LogP contribution in [0.4, 0.5) is 18.0 Å². The Bertz CT molecular complexity index is 915. The molecule has 1 fully saturated rings. The molecule has 1 saturated heterocycles. The largest absolute Gasteiger partial charge is 0.444 e. The molecule has 0 atom stereocenters. The van der Waals surface area contributed by atoms with Crippen LogP contribution in [0.3, 0.4) is 0 Å². The van der Waals surface area contributed by atoms with E-state index in [0.717, 1.165) is 6.07 Å². The van der Waals surface area contributed by atoms with Crippen LogP contribution >= 0.6 is 15.9 Å². The molecule has 1 aromatic heterocycles. The third kappa shape index (κ3) is 3.83. The topological polar surface area (TPSA) is 51.5 Å². The molecule has 0 saturated carbocycles. The van der Waals surface area contributed by atoms with Crippen LogP contribution in [0.25, 0.3) is 10.9 Å². The van der Waals surface area contributed by atoms with Gasteiger partial charge in [0.25, 0.3) is 0 Å². The average molecular weight is 447 g/mol. The Labute approximate surface area is 162 Å². The van der Waals surface area contributed by atoms with Crippen molar-refractivity contribution in [2.45, 2.75) is 38.8 Å². The van der Waals surface area contributed by atoms with Crippen molar-refractivity contribution in [2.75, 3.05) is 13.1 Å². The quantitative estimate of drug-likeness (QED) is 0.637. The summed E-state index contributed by atoms with van der Waals surface area (Å²) in [6, 6.07) is 2.29. The lowest BCUT2D eigenvalue weighted by atomic mass is 10.1. The van der Waals surface area contributed by atoms with Crippen molar-refractivity contribution in [3.8, 4) is 0 Å². The fourth-order valence-corrected chi connectivity index (χ4v) is 3.30. The zero-order chi connectivity index (χ0) is 20.1. The lowest BCUT2D eigenvalue weighted by molar-refractivity contribution is 0.00154. The van der Waals surface area contributed by atoms with E-state index in [9.17, 15) is 22.8 Å². The number of halogens is 4. The molecule has 1 aliphatic heterocycles. The molecular formula is C18H18BrF3N2O3. The summed E-state index contributed by atoms with van der Waals surface area (Å²) in [5.74, 6) is -2.00. The number of amides is 1. The van der Waals surface area contributed by atoms with Gasteiger partial charge in [-0.05, 0) is 48.8 Å². The van der Waals surface area contributed by atoms with Gasteiger partial charge in [0.15, 0.2) is 0 Å². The first-order valence-corrected chi connectivity index (χ1v) is 9.07. The standard InChI is InChI=1S/C18H18BrF3N2O3/c1-18(2,3)27-17(26)23-6-9(7-23)24-8-11(15(25)16(21)22)10-4-13(20)12(19)5-14(10)24/h4-5,8-9,16H,6-7H2,1-3H3. The maximum absolute atomic E-state index is 13.9. The van der Waals surface area contributed by atoms with E-state index >= 15 is 0 Å². The number of hydrogen-bond acceptors (Lipinski definition) is 3. The number of alkyl halides is 2. The summed E-state index contributed by atoms with van der Waals surface area (Å²) in [7, 11) is 0. The molecular weight excluding hydrogens is 429 g/mol. The number of likely N-dealkylation sites (tertiary alicyclic amines) is 1. The second-order valence-corrected chi connectivity index (χ2v) is 8.29. The van der Waals surface area contributed by atoms with E-state index in [1.54, 1.807) is 25.3 Å². The Balaban J connectivity index is 1.91. The molecule has 0 radical (unpaired) electrons. The van der Waals surface area contributed by atoms with Crippen LogP contribution in [-0.2, 0) is 4.74 Å². The summed E-state index contributed by atoms with van der Waals surface area (Å²) in [6.07, 6.45) is -2.34. The Morgan fingerprint density at radius 1 is 1.26 bits per heavy atom. The molecule has 0 aliphatic carbocycles. The third-order valence-electron chi connectivity index (χ3n) is 4.25. The van der Waals surface area contributed by atoms with Crippen LogP contribution < -0.4 is 0 Å². The summed E-state index contributed by atoms with van der Waals surface area (Å²) < 4.78 is 46.8. The summed E-state index contributed by atoms with van der Waals surface area (Å²) >= 11 is 3.08. The normalized spacial score (nSPS) is 15.3. The van der Waals surface area contributed by atoms with Gasteiger partial charge in [0.2, 0.25) is 5.78 Å². The van der Waals surface area contributed by atoms with Gasteiger partial charge in [-0.25, -0.2) is 18.0 Å². The molecule has 0 spiro atoms. The van der Waals surface area contributed by atoms with Gasteiger partial charge in [-0.3, -0.25) is 4.79 Å². The maximum Gasteiger partial charge on any atom is 0.410 e. The van der Waals surface area contributed by atoms with Gasteiger partial charge >= 0.3 is 12.5 Å². The number of ketones is 1. The van der Waals surface area contributed by atoms with Crippen LogP contribution in [-0.4, -0.2) is 46.5 Å². The number of carbonyl (C=O) groups excluding carboxylic acids is 2. The van der Waals surface area contributed by atoms with E-state index < -0.39 is 29.7 Å². The van der Waals surface area contributed by atoms with E-state index in [2.05, 4.69) is 15.9 Å². The Kier molecular flexibility index (Phi) is 5.00. The van der Waals surface area contributed by atoms with Gasteiger partial charge in [0.1, 0.15) is 11.4 Å². The zero-order valence-corrected chi connectivity index (χ0v) is 16.5. The van der Waals surface area contributed by atoms with E-state index in [-0.39, 0.29) is 21.5 Å². The highest BCUT2D eigenvalue weighted by molar-refractivity contribution is 9.10. The Hall–Kier alpha value is -2.03. The van der Waals surface area contributed by atoms with Crippen molar-refractivity contribution in [1.82, 2.24) is 9.47 Å². The monoisotopic (exact) mass is 446 g/mol. The van der Waals surface area contributed by atoms with Crippen molar-refractivity contribution in [3.05, 3.63) is 34.2 Å². The van der Waals surface area contributed by atoms with Gasteiger partial charge in [0, 0.05) is 30.2 Å². The minimum absolute atomic E-state index is 0.122. The molecule has 0 N–H and O–H groups in total. The number of rotatable bonds is 3. The number of ether oxygens (including phenoxy) is 1. The minimum Gasteiger partial charge on any atom is -0.444 e. The smallest absolute Gasteiger partial charge is 0.410 e. The van der Waals surface area contributed by atoms with Crippen molar-refractivity contribution >= 4 is 38.7 Å². The number of carbonyl (C=O) groups is 2. The number of hydrogen-bond donors (Lipinski definition) is 0. The maximum atomic E-state index is 13.9. The molecule has 0 unspecified atom stereocenters. The summed E-state index contributed by atoms with van der Waals surface area (Å²) in [4.78, 5) is 25.4. The average Bonchev–Trinajstić information content (AvgIpc) is 2.82. The summed E-state index contributed by atoms with van der Waals surface area (Å²) in [6.45, 7) is 5.88. The molecule has 1 aromatic carbocycles. The summed E-state index contributed by atoms with van der Waals surface area (Å²) in [5.41, 5.74) is -0.412. The SMILES string of the molecule is CC(C)(C)OC(=O)N1CC(n2cc(C(=O)C(F)F)c3cc(F)c(Br)cc32)C1. The lowest BCUT2D eigenvalue weighted by Crippen LogP contribution is -2.52. The molecule has 146 valence electrons. The van der Waals surface area contributed by atoms with Crippen molar-refractivity contribution in [1.29, 1.82) is 0 Å². The molecule has 5 nitrogen and oxygen atoms in total. The highest BCUT2D eigenvalue weighted by Crippen LogP contribution is 2.34. The summed E-state index contributed by atoms with van der Waals surface area (Å²) in [5, 5.41) is 0.122. The first-order valence-electron chi connectivity index (χ1n) is 8.28. The predicted molar refractivity (Wildman–Crippen MR) is 96.8 cm³/mol. The minimum atomic E-state index is -3.18. The van der Waals surface area contributed by atoms with E-state index in [4.69, 9.17) is 4.74 Å². The molecule has 27 heavy (non-hydrogen) atoms. The molecule has 2 heterocycles. The number of fused-ring (bicyclic) bond motifs is 1. The van der Waals surface area contributed by atoms with Crippen LogP contribution in [0.5, 0.6) is 0 Å². The van der Waals surface area contributed by atoms with Gasteiger partial charge in [-0.15, -0.1) is 0 Å². The van der Waals surface area contributed by atoms with Crippen molar-refractivity contribution in [2.24, 2.45) is 0 Å². The fraction of sp³-hybridized carbons (Fsp3) is 0.444. The van der Waals surface area contributed by atoms with Gasteiger partial charge in [-0.1, -0.05) is 0 Å². The number of Topliss-reactive ketones (excluding diaryl/α,β-unsaturated/α-hetero) is 1. The van der Waals surface area contributed by atoms with Crippen LogP contribution in [0, 0.1) is 5.82 Å². The molecule has 1 aliphatic rings. The first kappa shape index (κ1) is 19.7. The van der Waals surface area contributed by atoms with Crippen LogP contribution in [0.1, 0.15) is 37.2 Å². The number of benzene rings is 1.